The molecule has 0 aliphatic heterocycles. The Morgan fingerprint density at radius 3 is 2.63 bits per heavy atom. The van der Waals surface area contributed by atoms with Crippen molar-refractivity contribution in [3.8, 4) is 0 Å². The molecule has 0 aliphatic carbocycles. The normalized spacial score (nSPS) is 11.9. The van der Waals surface area contributed by atoms with E-state index in [9.17, 15) is 20.0 Å². The highest BCUT2D eigenvalue weighted by Gasteiger charge is 2.21. The number of nitrogens with two attached hydrogens (primary N) is 1. The second kappa shape index (κ2) is 6.14. The maximum Gasteiger partial charge on any atom is 0.292 e. The molecule has 0 fully saturated rings. The number of nitro benzene ring substituents is 1. The number of hydrogen-bond acceptors (Lipinski definition) is 5. The summed E-state index contributed by atoms with van der Waals surface area (Å²) < 4.78 is 0. The molecule has 1 amide bonds. The van der Waals surface area contributed by atoms with Crippen molar-refractivity contribution in [3.05, 3.63) is 33.9 Å². The number of benzene rings is 1. The van der Waals surface area contributed by atoms with Gasteiger partial charge in [0, 0.05) is 12.6 Å². The predicted octanol–water partition coefficient (Wildman–Crippen LogP) is 0.960. The summed E-state index contributed by atoms with van der Waals surface area (Å²) in [5, 5.41) is 20.5. The van der Waals surface area contributed by atoms with Crippen LogP contribution in [0.2, 0.25) is 0 Å². The van der Waals surface area contributed by atoms with Crippen LogP contribution in [-0.2, 0) is 4.79 Å². The first-order valence-corrected chi connectivity index (χ1v) is 5.86. The van der Waals surface area contributed by atoms with E-state index in [-0.39, 0.29) is 12.2 Å². The number of aliphatic hydroxyl groups is 1. The zero-order chi connectivity index (χ0) is 14.6. The lowest BCUT2D eigenvalue weighted by Crippen LogP contribution is -2.34. The highest BCUT2D eigenvalue weighted by Crippen LogP contribution is 2.30. The van der Waals surface area contributed by atoms with Gasteiger partial charge in [-0.15, -0.1) is 0 Å². The third-order valence-corrected chi connectivity index (χ3v) is 2.75. The van der Waals surface area contributed by atoms with E-state index in [1.165, 1.54) is 24.0 Å². The molecule has 7 heteroatoms. The SMILES string of the molecule is CCN(CC(N)=O)c1ccc(C(C)O)cc1[N+](=O)[O-]. The van der Waals surface area contributed by atoms with Crippen molar-refractivity contribution in [1.82, 2.24) is 0 Å². The first-order valence-electron chi connectivity index (χ1n) is 5.86. The molecule has 0 bridgehead atoms. The lowest BCUT2D eigenvalue weighted by Gasteiger charge is -2.21. The molecule has 3 N–H and O–H groups in total. The standard InChI is InChI=1S/C12H17N3O4/c1-3-14(7-12(13)17)10-5-4-9(8(2)16)6-11(10)15(18)19/h4-6,8,16H,3,7H2,1-2H3,(H2,13,17). The van der Waals surface area contributed by atoms with Crippen molar-refractivity contribution in [2.45, 2.75) is 20.0 Å². The molecule has 1 rings (SSSR count). The lowest BCUT2D eigenvalue weighted by atomic mass is 10.1. The summed E-state index contributed by atoms with van der Waals surface area (Å²) in [6, 6.07) is 4.42. The van der Waals surface area contributed by atoms with Crippen molar-refractivity contribution in [2.75, 3.05) is 18.0 Å². The van der Waals surface area contributed by atoms with Crippen LogP contribution in [0.25, 0.3) is 0 Å². The fourth-order valence-corrected chi connectivity index (χ4v) is 1.77. The number of carbonyl (C=O) groups excluding carboxylic acids is 1. The largest absolute Gasteiger partial charge is 0.389 e. The smallest absolute Gasteiger partial charge is 0.292 e. The molecule has 0 aliphatic rings. The minimum absolute atomic E-state index is 0.0919. The number of carbonyl (C=O) groups is 1. The third kappa shape index (κ3) is 3.65. The molecule has 0 spiro atoms. The number of primary amides is 1. The molecule has 104 valence electrons. The first kappa shape index (κ1) is 14.9. The maximum absolute atomic E-state index is 11.1. The molecule has 0 aromatic heterocycles. The molecule has 1 unspecified atom stereocenters. The Hall–Kier alpha value is -2.15. The quantitative estimate of drug-likeness (QED) is 0.589. The fraction of sp³-hybridized carbons (Fsp3) is 0.417. The number of rotatable bonds is 6. The number of amides is 1. The number of aliphatic hydroxyl groups excluding tert-OH is 1. The third-order valence-electron chi connectivity index (χ3n) is 2.75. The maximum atomic E-state index is 11.1. The summed E-state index contributed by atoms with van der Waals surface area (Å²) >= 11 is 0. The van der Waals surface area contributed by atoms with Gasteiger partial charge in [0.15, 0.2) is 0 Å². The highest BCUT2D eigenvalue weighted by molar-refractivity contribution is 5.81. The lowest BCUT2D eigenvalue weighted by molar-refractivity contribution is -0.384. The molecule has 19 heavy (non-hydrogen) atoms. The zero-order valence-corrected chi connectivity index (χ0v) is 10.9. The van der Waals surface area contributed by atoms with Gasteiger partial charge in [0.1, 0.15) is 5.69 Å². The zero-order valence-electron chi connectivity index (χ0n) is 10.9. The summed E-state index contributed by atoms with van der Waals surface area (Å²) in [5.74, 6) is -0.559. The summed E-state index contributed by atoms with van der Waals surface area (Å²) in [7, 11) is 0. The summed E-state index contributed by atoms with van der Waals surface area (Å²) in [4.78, 5) is 23.0. The Balaban J connectivity index is 3.25. The van der Waals surface area contributed by atoms with E-state index in [1.807, 2.05) is 0 Å². The summed E-state index contributed by atoms with van der Waals surface area (Å²) in [6.07, 6.45) is -0.793. The van der Waals surface area contributed by atoms with Gasteiger partial charge in [-0.05, 0) is 25.5 Å². The molecule has 1 atom stereocenters. The van der Waals surface area contributed by atoms with Crippen molar-refractivity contribution >= 4 is 17.3 Å². The van der Waals surface area contributed by atoms with Gasteiger partial charge < -0.3 is 15.7 Å². The van der Waals surface area contributed by atoms with Crippen molar-refractivity contribution in [3.63, 3.8) is 0 Å². The van der Waals surface area contributed by atoms with Crippen LogP contribution in [0.4, 0.5) is 11.4 Å². The van der Waals surface area contributed by atoms with Crippen LogP contribution in [0.3, 0.4) is 0 Å². The van der Waals surface area contributed by atoms with Gasteiger partial charge in [-0.2, -0.15) is 0 Å². The molecular formula is C12H17N3O4. The Bertz CT molecular complexity index is 488. The Labute approximate surface area is 110 Å². The number of hydrogen-bond donors (Lipinski definition) is 2. The number of nitro groups is 1. The molecule has 1 aromatic carbocycles. The van der Waals surface area contributed by atoms with Crippen LogP contribution in [0.1, 0.15) is 25.5 Å². The number of nitrogens with zero attached hydrogens (tertiary/aromatic N) is 2. The van der Waals surface area contributed by atoms with Crippen LogP contribution >= 0.6 is 0 Å². The highest BCUT2D eigenvalue weighted by atomic mass is 16.6. The minimum Gasteiger partial charge on any atom is -0.389 e. The van der Waals surface area contributed by atoms with Crippen LogP contribution in [-0.4, -0.2) is 29.0 Å². The molecule has 1 aromatic rings. The van der Waals surface area contributed by atoms with E-state index in [0.717, 1.165) is 0 Å². The molecule has 0 heterocycles. The van der Waals surface area contributed by atoms with Crippen LogP contribution in [0.5, 0.6) is 0 Å². The fourth-order valence-electron chi connectivity index (χ4n) is 1.77. The van der Waals surface area contributed by atoms with Gasteiger partial charge in [0.05, 0.1) is 17.6 Å². The monoisotopic (exact) mass is 267 g/mol. The second-order valence-corrected chi connectivity index (χ2v) is 4.16. The molecule has 7 nitrogen and oxygen atoms in total. The Morgan fingerprint density at radius 2 is 2.21 bits per heavy atom. The van der Waals surface area contributed by atoms with Gasteiger partial charge >= 0.3 is 0 Å². The average Bonchev–Trinajstić information content (AvgIpc) is 2.34. The number of anilines is 1. The van der Waals surface area contributed by atoms with Gasteiger partial charge in [0.25, 0.3) is 5.69 Å². The number of likely N-dealkylation sites (N-methyl/N-ethyl adjacent to an activating group) is 1. The van der Waals surface area contributed by atoms with E-state index in [4.69, 9.17) is 5.73 Å². The van der Waals surface area contributed by atoms with E-state index in [0.29, 0.717) is 17.8 Å². The molecule has 0 radical (unpaired) electrons. The Morgan fingerprint density at radius 1 is 1.58 bits per heavy atom. The van der Waals surface area contributed by atoms with Crippen LogP contribution in [0.15, 0.2) is 18.2 Å². The Kier molecular flexibility index (Phi) is 4.82. The van der Waals surface area contributed by atoms with Gasteiger partial charge in [-0.1, -0.05) is 6.07 Å². The van der Waals surface area contributed by atoms with Gasteiger partial charge in [-0.25, -0.2) is 0 Å². The van der Waals surface area contributed by atoms with E-state index in [2.05, 4.69) is 0 Å². The molecule has 0 saturated heterocycles. The van der Waals surface area contributed by atoms with E-state index < -0.39 is 16.9 Å². The van der Waals surface area contributed by atoms with E-state index in [1.54, 1.807) is 13.0 Å². The van der Waals surface area contributed by atoms with Gasteiger partial charge in [0.2, 0.25) is 5.91 Å². The van der Waals surface area contributed by atoms with Crippen LogP contribution in [0, 0.1) is 10.1 Å². The summed E-state index contributed by atoms with van der Waals surface area (Å²) in [6.45, 7) is 3.62. The first-order chi connectivity index (χ1) is 8.86. The minimum atomic E-state index is -0.793. The topological polar surface area (TPSA) is 110 Å². The van der Waals surface area contributed by atoms with E-state index >= 15 is 0 Å². The van der Waals surface area contributed by atoms with Gasteiger partial charge in [-0.3, -0.25) is 14.9 Å². The predicted molar refractivity (Wildman–Crippen MR) is 70.8 cm³/mol. The average molecular weight is 267 g/mol. The van der Waals surface area contributed by atoms with Crippen LogP contribution < -0.4 is 10.6 Å². The van der Waals surface area contributed by atoms with Crippen molar-refractivity contribution < 1.29 is 14.8 Å². The molecular weight excluding hydrogens is 250 g/mol. The summed E-state index contributed by atoms with van der Waals surface area (Å²) in [5.41, 5.74) is 5.73. The van der Waals surface area contributed by atoms with Crippen molar-refractivity contribution in [1.29, 1.82) is 0 Å². The molecule has 0 saturated carbocycles. The second-order valence-electron chi connectivity index (χ2n) is 4.16. The van der Waals surface area contributed by atoms with Crippen molar-refractivity contribution in [2.24, 2.45) is 5.73 Å².